The molecule has 0 bridgehead atoms. The monoisotopic (exact) mass is 565 g/mol. The van der Waals surface area contributed by atoms with E-state index in [1.807, 2.05) is 48.5 Å². The molecule has 0 aliphatic rings. The van der Waals surface area contributed by atoms with Crippen LogP contribution >= 0.6 is 0 Å². The van der Waals surface area contributed by atoms with Crippen molar-refractivity contribution in [3.8, 4) is 22.6 Å². The summed E-state index contributed by atoms with van der Waals surface area (Å²) in [5, 5.41) is 26.6. The lowest BCUT2D eigenvalue weighted by atomic mass is 9.93. The van der Waals surface area contributed by atoms with Gasteiger partial charge in [0.1, 0.15) is 11.5 Å². The summed E-state index contributed by atoms with van der Waals surface area (Å²) in [5.74, 6) is 1.23. The maximum Gasteiger partial charge on any atom is 0.194 e. The number of benzene rings is 7. The summed E-state index contributed by atoms with van der Waals surface area (Å²) >= 11 is 0. The van der Waals surface area contributed by atoms with Crippen LogP contribution in [0, 0.1) is 0 Å². The van der Waals surface area contributed by atoms with Gasteiger partial charge in [-0.2, -0.15) is 0 Å². The predicted octanol–water partition coefficient (Wildman–Crippen LogP) is 9.15. The Morgan fingerprint density at radius 1 is 0.488 bits per heavy atom. The van der Waals surface area contributed by atoms with E-state index < -0.39 is 12.6 Å². The van der Waals surface area contributed by atoms with E-state index >= 15 is 0 Å². The molecule has 7 rings (SSSR count). The van der Waals surface area contributed by atoms with E-state index in [9.17, 15) is 10.2 Å². The highest BCUT2D eigenvalue weighted by Gasteiger charge is 2.19. The topological polar surface area (TPSA) is 62.2 Å². The van der Waals surface area contributed by atoms with Gasteiger partial charge in [0.15, 0.2) is 12.6 Å². The average Bonchev–Trinajstić information content (AvgIpc) is 3.01. The first-order valence-electron chi connectivity index (χ1n) is 14.4. The number of hydrogen-bond donors (Lipinski definition) is 2. The maximum atomic E-state index is 9.72. The number of anilines is 3. The van der Waals surface area contributed by atoms with Crippen molar-refractivity contribution in [2.24, 2.45) is 0 Å². The fourth-order valence-corrected chi connectivity index (χ4v) is 5.94. The van der Waals surface area contributed by atoms with Gasteiger partial charge < -0.3 is 24.6 Å². The Bertz CT molecular complexity index is 2000. The first-order chi connectivity index (χ1) is 20.9. The fraction of sp³-hybridized carbons (Fsp3) is 0.105. The predicted molar refractivity (Wildman–Crippen MR) is 175 cm³/mol. The second-order valence-corrected chi connectivity index (χ2v) is 10.8. The highest BCUT2D eigenvalue weighted by atomic mass is 16.6. The standard InChI is InChI=1S/C38H31NO4/c1-24(40)42-33-18-10-27(11-19-33)26-8-14-31(15-9-26)39(32-16-20-34(21-17-32)43-25(2)41)36-23-13-30-7-6-28-4-3-5-29-12-22-35(36)38(30)37(28)29/h3-25,40-41H,1-2H3. The van der Waals surface area contributed by atoms with Gasteiger partial charge in [-0.1, -0.05) is 72.8 Å². The smallest absolute Gasteiger partial charge is 0.194 e. The van der Waals surface area contributed by atoms with Crippen molar-refractivity contribution in [1.29, 1.82) is 0 Å². The molecular formula is C38H31NO4. The summed E-state index contributed by atoms with van der Waals surface area (Å²) < 4.78 is 10.9. The van der Waals surface area contributed by atoms with Gasteiger partial charge in [0, 0.05) is 16.8 Å². The molecule has 7 aromatic carbocycles. The Balaban J connectivity index is 1.35. The van der Waals surface area contributed by atoms with Crippen molar-refractivity contribution in [2.75, 3.05) is 4.90 Å². The molecule has 0 saturated carbocycles. The van der Waals surface area contributed by atoms with Crippen LogP contribution in [0.3, 0.4) is 0 Å². The van der Waals surface area contributed by atoms with Crippen LogP contribution in [0.1, 0.15) is 13.8 Å². The molecule has 0 aromatic heterocycles. The van der Waals surface area contributed by atoms with Crippen LogP contribution in [0.2, 0.25) is 0 Å². The van der Waals surface area contributed by atoms with Crippen LogP contribution in [0.4, 0.5) is 17.1 Å². The molecule has 2 unspecified atom stereocenters. The van der Waals surface area contributed by atoms with Gasteiger partial charge in [0.05, 0.1) is 5.69 Å². The second-order valence-electron chi connectivity index (χ2n) is 10.8. The maximum absolute atomic E-state index is 9.72. The van der Waals surface area contributed by atoms with Crippen LogP contribution in [-0.2, 0) is 0 Å². The number of aliphatic hydroxyl groups excluding tert-OH is 2. The zero-order valence-electron chi connectivity index (χ0n) is 23.9. The Hall–Kier alpha value is -5.10. The molecule has 5 heteroatoms. The Morgan fingerprint density at radius 3 is 1.49 bits per heavy atom. The Kier molecular flexibility index (Phi) is 6.82. The summed E-state index contributed by atoms with van der Waals surface area (Å²) in [6.45, 7) is 3.19. The van der Waals surface area contributed by atoms with E-state index in [0.29, 0.717) is 11.5 Å². The van der Waals surface area contributed by atoms with Crippen molar-refractivity contribution in [2.45, 2.75) is 26.4 Å². The van der Waals surface area contributed by atoms with E-state index in [0.717, 1.165) is 28.2 Å². The van der Waals surface area contributed by atoms with Crippen molar-refractivity contribution >= 4 is 49.4 Å². The molecule has 43 heavy (non-hydrogen) atoms. The number of nitrogens with zero attached hydrogens (tertiary/aromatic N) is 1. The third kappa shape index (κ3) is 5.10. The van der Waals surface area contributed by atoms with Crippen molar-refractivity contribution in [3.63, 3.8) is 0 Å². The third-order valence-electron chi connectivity index (χ3n) is 7.77. The summed E-state index contributed by atoms with van der Waals surface area (Å²) in [5.41, 5.74) is 5.18. The molecule has 0 aliphatic carbocycles. The van der Waals surface area contributed by atoms with Gasteiger partial charge in [0.25, 0.3) is 0 Å². The molecule has 212 valence electrons. The van der Waals surface area contributed by atoms with Crippen LogP contribution in [0.5, 0.6) is 11.5 Å². The van der Waals surface area contributed by atoms with E-state index in [4.69, 9.17) is 9.47 Å². The Morgan fingerprint density at radius 2 is 0.930 bits per heavy atom. The fourth-order valence-electron chi connectivity index (χ4n) is 5.94. The lowest BCUT2D eigenvalue weighted by molar-refractivity contribution is -0.000869. The molecule has 0 radical (unpaired) electrons. The number of rotatable bonds is 8. The van der Waals surface area contributed by atoms with Gasteiger partial charge in [-0.15, -0.1) is 0 Å². The van der Waals surface area contributed by atoms with E-state index in [-0.39, 0.29) is 0 Å². The first kappa shape index (κ1) is 26.8. The number of hydrogen-bond acceptors (Lipinski definition) is 5. The van der Waals surface area contributed by atoms with Crippen molar-refractivity contribution in [3.05, 3.63) is 127 Å². The number of aliphatic hydroxyl groups is 2. The van der Waals surface area contributed by atoms with Crippen LogP contribution in [-0.4, -0.2) is 22.8 Å². The lowest BCUT2D eigenvalue weighted by Crippen LogP contribution is -2.12. The van der Waals surface area contributed by atoms with Gasteiger partial charge in [-0.3, -0.25) is 0 Å². The molecule has 0 amide bonds. The molecule has 0 aliphatic heterocycles. The van der Waals surface area contributed by atoms with E-state index in [2.05, 4.69) is 83.8 Å². The molecule has 0 fully saturated rings. The SMILES string of the molecule is CC(O)Oc1ccc(-c2ccc(N(c3ccc(OC(C)O)cc3)c3ccc4ccc5cccc6ccc3c4c56)cc2)cc1. The highest BCUT2D eigenvalue weighted by molar-refractivity contribution is 6.25. The van der Waals surface area contributed by atoms with Crippen LogP contribution in [0.25, 0.3) is 43.4 Å². The first-order valence-corrected chi connectivity index (χ1v) is 14.4. The molecule has 2 atom stereocenters. The second kappa shape index (κ2) is 11.0. The lowest BCUT2D eigenvalue weighted by Gasteiger charge is -2.28. The summed E-state index contributed by atoms with van der Waals surface area (Å²) in [6, 6.07) is 43.7. The summed E-state index contributed by atoms with van der Waals surface area (Å²) in [6.07, 6.45) is -1.75. The number of ether oxygens (including phenoxy) is 2. The molecule has 0 heterocycles. The molecule has 0 spiro atoms. The summed E-state index contributed by atoms with van der Waals surface area (Å²) in [7, 11) is 0. The third-order valence-corrected chi connectivity index (χ3v) is 7.77. The molecule has 5 nitrogen and oxygen atoms in total. The van der Waals surface area contributed by atoms with Gasteiger partial charge in [-0.05, 0) is 107 Å². The van der Waals surface area contributed by atoms with Gasteiger partial charge in [0.2, 0.25) is 0 Å². The summed E-state index contributed by atoms with van der Waals surface area (Å²) in [4.78, 5) is 2.27. The van der Waals surface area contributed by atoms with Crippen molar-refractivity contribution < 1.29 is 19.7 Å². The molecule has 0 saturated heterocycles. The van der Waals surface area contributed by atoms with Gasteiger partial charge >= 0.3 is 0 Å². The van der Waals surface area contributed by atoms with Crippen LogP contribution < -0.4 is 14.4 Å². The minimum Gasteiger partial charge on any atom is -0.465 e. The average molecular weight is 566 g/mol. The van der Waals surface area contributed by atoms with E-state index in [1.165, 1.54) is 32.3 Å². The van der Waals surface area contributed by atoms with E-state index in [1.54, 1.807) is 13.8 Å². The zero-order valence-corrected chi connectivity index (χ0v) is 23.9. The highest BCUT2D eigenvalue weighted by Crippen LogP contribution is 2.44. The van der Waals surface area contributed by atoms with Gasteiger partial charge in [-0.25, -0.2) is 0 Å². The minimum atomic E-state index is -0.889. The normalized spacial score (nSPS) is 12.9. The zero-order chi connectivity index (χ0) is 29.5. The molecule has 7 aromatic rings. The van der Waals surface area contributed by atoms with Crippen molar-refractivity contribution in [1.82, 2.24) is 0 Å². The molecule has 2 N–H and O–H groups in total. The quantitative estimate of drug-likeness (QED) is 0.142. The Labute approximate surface area is 250 Å². The largest absolute Gasteiger partial charge is 0.465 e. The molecular weight excluding hydrogens is 534 g/mol. The van der Waals surface area contributed by atoms with Crippen LogP contribution in [0.15, 0.2) is 127 Å². The minimum absolute atomic E-state index is 0.604.